The highest BCUT2D eigenvalue weighted by molar-refractivity contribution is 7.09. The highest BCUT2D eigenvalue weighted by atomic mass is 32.1. The Bertz CT molecular complexity index is 757. The lowest BCUT2D eigenvalue weighted by atomic mass is 10.1. The van der Waals surface area contributed by atoms with Crippen LogP contribution in [-0.2, 0) is 22.6 Å². The second-order valence-corrected chi connectivity index (χ2v) is 7.60. The van der Waals surface area contributed by atoms with Crippen LogP contribution in [0.1, 0.15) is 33.9 Å². The normalized spacial score (nSPS) is 14.9. The van der Waals surface area contributed by atoms with Crippen molar-refractivity contribution >= 4 is 23.0 Å². The third-order valence-corrected chi connectivity index (χ3v) is 5.43. The molecular formula is C20H25N3O3S. The molecule has 1 aliphatic heterocycles. The molecule has 6 nitrogen and oxygen atoms in total. The van der Waals surface area contributed by atoms with Crippen LogP contribution in [0.3, 0.4) is 0 Å². The fourth-order valence-electron chi connectivity index (χ4n) is 2.96. The molecular weight excluding hydrogens is 362 g/mol. The van der Waals surface area contributed by atoms with E-state index >= 15 is 0 Å². The largest absolute Gasteiger partial charge is 0.379 e. The van der Waals surface area contributed by atoms with E-state index in [1.54, 1.807) is 35.4 Å². The third kappa shape index (κ3) is 5.95. The predicted molar refractivity (Wildman–Crippen MR) is 105 cm³/mol. The molecule has 0 spiro atoms. The van der Waals surface area contributed by atoms with Gasteiger partial charge in [-0.05, 0) is 0 Å². The number of ketones is 1. The Balaban J connectivity index is 1.44. The topological polar surface area (TPSA) is 62.7 Å². The number of amides is 1. The molecule has 0 saturated carbocycles. The van der Waals surface area contributed by atoms with E-state index < -0.39 is 0 Å². The van der Waals surface area contributed by atoms with Gasteiger partial charge < -0.3 is 9.64 Å². The molecule has 1 saturated heterocycles. The Morgan fingerprint density at radius 1 is 1.19 bits per heavy atom. The third-order valence-electron chi connectivity index (χ3n) is 4.55. The molecule has 3 rings (SSSR count). The van der Waals surface area contributed by atoms with Crippen LogP contribution in [-0.4, -0.2) is 59.8 Å². The van der Waals surface area contributed by atoms with Crippen LogP contribution < -0.4 is 0 Å². The van der Waals surface area contributed by atoms with Crippen LogP contribution in [0.2, 0.25) is 0 Å². The minimum Gasteiger partial charge on any atom is -0.379 e. The van der Waals surface area contributed by atoms with Gasteiger partial charge in [0.15, 0.2) is 5.78 Å². The second-order valence-electron chi connectivity index (χ2n) is 6.66. The number of nitrogens with zero attached hydrogens (tertiary/aromatic N) is 3. The summed E-state index contributed by atoms with van der Waals surface area (Å²) in [6.07, 6.45) is 0.446. The summed E-state index contributed by atoms with van der Waals surface area (Å²) < 4.78 is 5.36. The standard InChI is InChI=1S/C20H25N3O3S/c1-22(20(25)8-7-18(24)16-5-3-2-4-6-16)13-17-15-27-19(21-17)14-23-9-11-26-12-10-23/h2-6,15H,7-14H2,1H3. The van der Waals surface area contributed by atoms with E-state index in [2.05, 4.69) is 9.88 Å². The molecule has 144 valence electrons. The number of carbonyl (C=O) groups excluding carboxylic acids is 2. The summed E-state index contributed by atoms with van der Waals surface area (Å²) in [5, 5.41) is 3.07. The summed E-state index contributed by atoms with van der Waals surface area (Å²) in [6, 6.07) is 9.09. The number of rotatable bonds is 8. The first-order valence-electron chi connectivity index (χ1n) is 9.17. The first-order chi connectivity index (χ1) is 13.1. The number of Topliss-reactive ketones (excluding diaryl/α,β-unsaturated/α-hetero) is 1. The first kappa shape index (κ1) is 19.7. The van der Waals surface area contributed by atoms with Gasteiger partial charge in [0.25, 0.3) is 0 Å². The van der Waals surface area contributed by atoms with Crippen LogP contribution in [0, 0.1) is 0 Å². The molecule has 0 unspecified atom stereocenters. The predicted octanol–water partition coefficient (Wildman–Crippen LogP) is 2.60. The zero-order chi connectivity index (χ0) is 19.1. The molecule has 0 N–H and O–H groups in total. The van der Waals surface area contributed by atoms with Gasteiger partial charge in [-0.3, -0.25) is 14.5 Å². The highest BCUT2D eigenvalue weighted by Gasteiger charge is 2.16. The summed E-state index contributed by atoms with van der Waals surface area (Å²) in [5.74, 6) is -0.0409. The Morgan fingerprint density at radius 2 is 1.93 bits per heavy atom. The number of hydrogen-bond acceptors (Lipinski definition) is 6. The molecule has 0 radical (unpaired) electrons. The van der Waals surface area contributed by atoms with Crippen LogP contribution in [0.15, 0.2) is 35.7 Å². The molecule has 1 amide bonds. The molecule has 1 aromatic heterocycles. The molecule has 0 atom stereocenters. The van der Waals surface area contributed by atoms with Crippen molar-refractivity contribution in [3.8, 4) is 0 Å². The van der Waals surface area contributed by atoms with Gasteiger partial charge in [-0.25, -0.2) is 4.98 Å². The lowest BCUT2D eigenvalue weighted by Crippen LogP contribution is -2.35. The molecule has 7 heteroatoms. The van der Waals surface area contributed by atoms with Crippen molar-refractivity contribution in [3.05, 3.63) is 52.0 Å². The summed E-state index contributed by atoms with van der Waals surface area (Å²) in [4.78, 5) is 33.1. The van der Waals surface area contributed by atoms with Gasteiger partial charge in [0.2, 0.25) is 5.91 Å². The fourth-order valence-corrected chi connectivity index (χ4v) is 3.78. The monoisotopic (exact) mass is 387 g/mol. The quantitative estimate of drug-likeness (QED) is 0.652. The molecule has 1 aromatic carbocycles. The van der Waals surface area contributed by atoms with Crippen LogP contribution in [0.4, 0.5) is 0 Å². The average molecular weight is 388 g/mol. The second kappa shape index (κ2) is 9.73. The van der Waals surface area contributed by atoms with E-state index in [9.17, 15) is 9.59 Å². The maximum atomic E-state index is 12.3. The van der Waals surface area contributed by atoms with Crippen LogP contribution in [0.5, 0.6) is 0 Å². The number of aromatic nitrogens is 1. The van der Waals surface area contributed by atoms with Crippen molar-refractivity contribution in [2.45, 2.75) is 25.9 Å². The number of hydrogen-bond donors (Lipinski definition) is 0. The first-order valence-corrected chi connectivity index (χ1v) is 10.1. The molecule has 0 bridgehead atoms. The van der Waals surface area contributed by atoms with E-state index in [1.807, 2.05) is 23.6 Å². The van der Waals surface area contributed by atoms with Crippen molar-refractivity contribution in [1.82, 2.24) is 14.8 Å². The molecule has 2 heterocycles. The van der Waals surface area contributed by atoms with Crippen molar-refractivity contribution in [2.75, 3.05) is 33.4 Å². The van der Waals surface area contributed by atoms with E-state index in [0.29, 0.717) is 12.1 Å². The minimum atomic E-state index is -0.0398. The molecule has 0 aliphatic carbocycles. The number of ether oxygens (including phenoxy) is 1. The van der Waals surface area contributed by atoms with Crippen molar-refractivity contribution < 1.29 is 14.3 Å². The Kier molecular flexibility index (Phi) is 7.09. The summed E-state index contributed by atoms with van der Waals surface area (Å²) in [5.41, 5.74) is 1.55. The summed E-state index contributed by atoms with van der Waals surface area (Å²) in [7, 11) is 1.76. The van der Waals surface area contributed by atoms with Crippen molar-refractivity contribution in [1.29, 1.82) is 0 Å². The van der Waals surface area contributed by atoms with Gasteiger partial charge >= 0.3 is 0 Å². The lowest BCUT2D eigenvalue weighted by molar-refractivity contribution is -0.130. The average Bonchev–Trinajstić information content (AvgIpc) is 3.14. The Hall–Kier alpha value is -2.09. The molecule has 1 fully saturated rings. The van der Waals surface area contributed by atoms with Crippen LogP contribution >= 0.6 is 11.3 Å². The van der Waals surface area contributed by atoms with Gasteiger partial charge in [-0.1, -0.05) is 30.3 Å². The SMILES string of the molecule is CN(Cc1csc(CN2CCOCC2)n1)C(=O)CCC(=O)c1ccccc1. The van der Waals surface area contributed by atoms with Crippen LogP contribution in [0.25, 0.3) is 0 Å². The van der Waals surface area contributed by atoms with Gasteiger partial charge in [0.05, 0.1) is 32.0 Å². The van der Waals surface area contributed by atoms with Gasteiger partial charge in [-0.2, -0.15) is 0 Å². The highest BCUT2D eigenvalue weighted by Crippen LogP contribution is 2.15. The van der Waals surface area contributed by atoms with E-state index in [0.717, 1.165) is 43.5 Å². The zero-order valence-corrected chi connectivity index (χ0v) is 16.4. The maximum absolute atomic E-state index is 12.3. The fraction of sp³-hybridized carbons (Fsp3) is 0.450. The summed E-state index contributed by atoms with van der Waals surface area (Å²) in [6.45, 7) is 4.72. The van der Waals surface area contributed by atoms with Crippen molar-refractivity contribution in [3.63, 3.8) is 0 Å². The maximum Gasteiger partial charge on any atom is 0.223 e. The molecule has 27 heavy (non-hydrogen) atoms. The van der Waals surface area contributed by atoms with Gasteiger partial charge in [0.1, 0.15) is 5.01 Å². The molecule has 2 aromatic rings. The summed E-state index contributed by atoms with van der Waals surface area (Å²) >= 11 is 1.63. The number of carbonyl (C=O) groups is 2. The van der Waals surface area contributed by atoms with Crippen molar-refractivity contribution in [2.24, 2.45) is 0 Å². The zero-order valence-electron chi connectivity index (χ0n) is 15.6. The minimum absolute atomic E-state index is 0.00111. The van der Waals surface area contributed by atoms with Gasteiger partial charge in [0, 0.05) is 43.9 Å². The Labute approximate surface area is 163 Å². The number of benzene rings is 1. The Morgan fingerprint density at radius 3 is 2.67 bits per heavy atom. The van der Waals surface area contributed by atoms with Gasteiger partial charge in [-0.15, -0.1) is 11.3 Å². The number of thiazole rings is 1. The number of morpholine rings is 1. The molecule has 1 aliphatic rings. The van der Waals surface area contributed by atoms with E-state index in [4.69, 9.17) is 4.74 Å². The lowest BCUT2D eigenvalue weighted by Gasteiger charge is -2.25. The van der Waals surface area contributed by atoms with E-state index in [1.165, 1.54) is 0 Å². The van der Waals surface area contributed by atoms with E-state index in [-0.39, 0.29) is 24.5 Å². The smallest absolute Gasteiger partial charge is 0.223 e.